The molecule has 8 nitrogen and oxygen atoms in total. The molecule has 2 rings (SSSR count). The molecular weight excluding hydrogens is 328 g/mol. The summed E-state index contributed by atoms with van der Waals surface area (Å²) in [6.07, 6.45) is 1.87. The largest absolute Gasteiger partial charge is 0.396 e. The predicted molar refractivity (Wildman–Crippen MR) is 84.1 cm³/mol. The lowest BCUT2D eigenvalue weighted by Gasteiger charge is -2.25. The number of aromatic nitrogens is 2. The fraction of sp³-hybridized carbons (Fsp3) is 0.500. The summed E-state index contributed by atoms with van der Waals surface area (Å²) in [5, 5.41) is 9.07. The van der Waals surface area contributed by atoms with Crippen molar-refractivity contribution in [1.29, 1.82) is 0 Å². The van der Waals surface area contributed by atoms with Crippen molar-refractivity contribution in [2.75, 3.05) is 12.3 Å². The van der Waals surface area contributed by atoms with E-state index in [-0.39, 0.29) is 19.0 Å². The molecule has 1 unspecified atom stereocenters. The Morgan fingerprint density at radius 3 is 2.68 bits per heavy atom. The maximum Gasteiger partial charge on any atom is 0.296 e. The van der Waals surface area contributed by atoms with E-state index in [4.69, 9.17) is 10.8 Å². The van der Waals surface area contributed by atoms with E-state index in [2.05, 4.69) is 9.97 Å². The summed E-state index contributed by atoms with van der Waals surface area (Å²) in [6, 6.07) is 0. The highest BCUT2D eigenvalue weighted by atomic mass is 32.3. The number of hydrogen-bond acceptors (Lipinski definition) is 8. The first-order valence-electron chi connectivity index (χ1n) is 6.52. The van der Waals surface area contributed by atoms with E-state index in [0.717, 1.165) is 16.7 Å². The van der Waals surface area contributed by atoms with Crippen LogP contribution in [0, 0.1) is 6.92 Å². The van der Waals surface area contributed by atoms with Crippen molar-refractivity contribution < 1.29 is 18.1 Å². The fourth-order valence-electron chi connectivity index (χ4n) is 2.16. The molecule has 22 heavy (non-hydrogen) atoms. The molecular formula is C12H18N4O4S2. The van der Waals surface area contributed by atoms with Gasteiger partial charge in [-0.05, 0) is 13.8 Å². The van der Waals surface area contributed by atoms with Crippen LogP contribution in [-0.2, 0) is 16.7 Å². The summed E-state index contributed by atoms with van der Waals surface area (Å²) in [6.45, 7) is 3.51. The number of aryl methyl sites for hydroxylation is 1. The van der Waals surface area contributed by atoms with Crippen molar-refractivity contribution in [3.05, 3.63) is 28.2 Å². The SMILES string of the molecule is CC1=C(CCO)SC(S(=O)(=O)O)N1Cc1cnc(C)nc1N. The van der Waals surface area contributed by atoms with Gasteiger partial charge in [-0.3, -0.25) is 4.55 Å². The van der Waals surface area contributed by atoms with Gasteiger partial charge >= 0.3 is 0 Å². The van der Waals surface area contributed by atoms with Gasteiger partial charge in [0.2, 0.25) is 4.71 Å². The summed E-state index contributed by atoms with van der Waals surface area (Å²) >= 11 is 1.01. The van der Waals surface area contributed by atoms with Crippen molar-refractivity contribution in [3.63, 3.8) is 0 Å². The standard InChI is InChI=1S/C12H18N4O4S2/c1-7-10(3-4-17)21-12(22(18,19)20)16(7)6-9-5-14-8(2)15-11(9)13/h5,12,17H,3-4,6H2,1-2H3,(H2,13,14,15)(H,18,19,20). The summed E-state index contributed by atoms with van der Waals surface area (Å²) < 4.78 is 31.5. The molecule has 1 aromatic rings. The average molecular weight is 346 g/mol. The van der Waals surface area contributed by atoms with Crippen molar-refractivity contribution in [2.24, 2.45) is 0 Å². The van der Waals surface area contributed by atoms with Crippen LogP contribution in [0.1, 0.15) is 24.7 Å². The summed E-state index contributed by atoms with van der Waals surface area (Å²) in [5.41, 5.74) is 7.10. The predicted octanol–water partition coefficient (Wildman–Crippen LogP) is 0.701. The number of anilines is 1. The van der Waals surface area contributed by atoms with E-state index < -0.39 is 14.8 Å². The Balaban J connectivity index is 2.35. The topological polar surface area (TPSA) is 130 Å². The first kappa shape index (κ1) is 17.0. The molecule has 0 spiro atoms. The second-order valence-corrected chi connectivity index (χ2v) is 7.83. The molecule has 0 saturated heterocycles. The Labute approximate surface area is 133 Å². The Morgan fingerprint density at radius 1 is 1.45 bits per heavy atom. The molecule has 122 valence electrons. The van der Waals surface area contributed by atoms with Gasteiger partial charge in [0.15, 0.2) is 0 Å². The Kier molecular flexibility index (Phi) is 4.95. The highest BCUT2D eigenvalue weighted by molar-refractivity contribution is 8.14. The van der Waals surface area contributed by atoms with Crippen molar-refractivity contribution in [3.8, 4) is 0 Å². The molecule has 1 aromatic heterocycles. The molecule has 1 aliphatic rings. The number of allylic oxidation sites excluding steroid dienone is 1. The van der Waals surface area contributed by atoms with E-state index in [1.807, 2.05) is 0 Å². The number of nitrogens with two attached hydrogens (primary N) is 1. The molecule has 0 amide bonds. The minimum atomic E-state index is -4.29. The van der Waals surface area contributed by atoms with E-state index in [9.17, 15) is 13.0 Å². The van der Waals surface area contributed by atoms with Crippen LogP contribution in [0.25, 0.3) is 0 Å². The third kappa shape index (κ3) is 3.51. The minimum absolute atomic E-state index is 0.0957. The number of aliphatic hydroxyl groups is 1. The van der Waals surface area contributed by atoms with Crippen LogP contribution in [0.5, 0.6) is 0 Å². The third-order valence-electron chi connectivity index (χ3n) is 3.28. The van der Waals surface area contributed by atoms with Crippen LogP contribution in [0.15, 0.2) is 16.8 Å². The normalized spacial score (nSPS) is 19.1. The minimum Gasteiger partial charge on any atom is -0.396 e. The van der Waals surface area contributed by atoms with Gasteiger partial charge in [0.05, 0.1) is 6.54 Å². The van der Waals surface area contributed by atoms with Gasteiger partial charge < -0.3 is 15.7 Å². The molecule has 0 bridgehead atoms. The quantitative estimate of drug-likeness (QED) is 0.659. The van der Waals surface area contributed by atoms with Crippen LogP contribution in [0.3, 0.4) is 0 Å². The molecule has 10 heteroatoms. The van der Waals surface area contributed by atoms with Crippen LogP contribution in [0.4, 0.5) is 5.82 Å². The van der Waals surface area contributed by atoms with Crippen molar-refractivity contribution >= 4 is 27.7 Å². The van der Waals surface area contributed by atoms with E-state index in [1.54, 1.807) is 20.0 Å². The van der Waals surface area contributed by atoms with Gasteiger partial charge in [-0.15, -0.1) is 0 Å². The van der Waals surface area contributed by atoms with Gasteiger partial charge in [0, 0.05) is 35.4 Å². The molecule has 0 radical (unpaired) electrons. The smallest absolute Gasteiger partial charge is 0.296 e. The number of nitrogen functional groups attached to an aromatic ring is 1. The lowest BCUT2D eigenvalue weighted by Crippen LogP contribution is -2.33. The highest BCUT2D eigenvalue weighted by Crippen LogP contribution is 2.42. The Hall–Kier alpha value is -1.36. The van der Waals surface area contributed by atoms with Crippen LogP contribution >= 0.6 is 11.8 Å². The number of rotatable bonds is 5. The van der Waals surface area contributed by atoms with Crippen molar-refractivity contribution in [2.45, 2.75) is 31.5 Å². The molecule has 4 N–H and O–H groups in total. The third-order valence-corrected chi connectivity index (χ3v) is 6.31. The fourth-order valence-corrected chi connectivity index (χ4v) is 4.65. The molecule has 0 aromatic carbocycles. The number of thioether (sulfide) groups is 1. The lowest BCUT2D eigenvalue weighted by atomic mass is 10.2. The maximum absolute atomic E-state index is 11.6. The average Bonchev–Trinajstić information content (AvgIpc) is 2.71. The maximum atomic E-state index is 11.6. The second kappa shape index (κ2) is 6.41. The molecule has 2 heterocycles. The summed E-state index contributed by atoms with van der Waals surface area (Å²) in [7, 11) is -4.29. The Bertz CT molecular complexity index is 705. The van der Waals surface area contributed by atoms with E-state index in [1.165, 1.54) is 4.90 Å². The van der Waals surface area contributed by atoms with E-state index in [0.29, 0.717) is 23.5 Å². The Morgan fingerprint density at radius 2 is 2.14 bits per heavy atom. The second-order valence-electron chi connectivity index (χ2n) is 4.88. The number of aliphatic hydroxyl groups excluding tert-OH is 1. The summed E-state index contributed by atoms with van der Waals surface area (Å²) in [4.78, 5) is 10.3. The zero-order chi connectivity index (χ0) is 16.5. The highest BCUT2D eigenvalue weighted by Gasteiger charge is 2.38. The number of nitrogens with zero attached hydrogens (tertiary/aromatic N) is 3. The first-order chi connectivity index (χ1) is 10.2. The van der Waals surface area contributed by atoms with Crippen LogP contribution in [-0.4, -0.2) is 44.3 Å². The van der Waals surface area contributed by atoms with Crippen LogP contribution < -0.4 is 5.73 Å². The zero-order valence-electron chi connectivity index (χ0n) is 12.2. The first-order valence-corrected chi connectivity index (χ1v) is 8.90. The molecule has 0 fully saturated rings. The van der Waals surface area contributed by atoms with Gasteiger partial charge in [0.25, 0.3) is 10.1 Å². The zero-order valence-corrected chi connectivity index (χ0v) is 13.9. The van der Waals surface area contributed by atoms with Gasteiger partial charge in [-0.1, -0.05) is 11.8 Å². The van der Waals surface area contributed by atoms with E-state index >= 15 is 0 Å². The molecule has 0 aliphatic carbocycles. The van der Waals surface area contributed by atoms with Gasteiger partial charge in [0.1, 0.15) is 11.6 Å². The van der Waals surface area contributed by atoms with Gasteiger partial charge in [-0.25, -0.2) is 9.97 Å². The molecule has 0 saturated carbocycles. The molecule has 1 atom stereocenters. The lowest BCUT2D eigenvalue weighted by molar-refractivity contribution is 0.299. The number of hydrogen-bond donors (Lipinski definition) is 3. The summed E-state index contributed by atoms with van der Waals surface area (Å²) in [5.74, 6) is 0.798. The van der Waals surface area contributed by atoms with Crippen LogP contribution in [0.2, 0.25) is 0 Å². The molecule has 1 aliphatic heterocycles. The van der Waals surface area contributed by atoms with Crippen molar-refractivity contribution in [1.82, 2.24) is 14.9 Å². The van der Waals surface area contributed by atoms with Gasteiger partial charge in [-0.2, -0.15) is 8.42 Å². The monoisotopic (exact) mass is 346 g/mol.